The number of aryl methyl sites for hydroxylation is 2. The number of carbonyl (C=O) groups is 1. The fourth-order valence-corrected chi connectivity index (χ4v) is 3.58. The summed E-state index contributed by atoms with van der Waals surface area (Å²) in [4.78, 5) is 23.6. The summed E-state index contributed by atoms with van der Waals surface area (Å²) in [5, 5.41) is 4.59. The maximum atomic E-state index is 12.9. The lowest BCUT2D eigenvalue weighted by Crippen LogP contribution is -2.41. The number of hydrogen-bond donors (Lipinski definition) is 0. The Hall–Kier alpha value is -2.76. The SMILES string of the molecule is Cc1cc(C)n([C@@H]2CCCN(C(=O)c3cnc4ccccc4n3)C2)n1. The van der Waals surface area contributed by atoms with Gasteiger partial charge in [-0.05, 0) is 44.9 Å². The van der Waals surface area contributed by atoms with E-state index in [0.717, 1.165) is 41.8 Å². The number of benzene rings is 1. The molecule has 0 unspecified atom stereocenters. The molecule has 0 spiro atoms. The molecule has 3 aromatic rings. The normalized spacial score (nSPS) is 17.8. The third-order valence-electron chi connectivity index (χ3n) is 4.74. The predicted molar refractivity (Wildman–Crippen MR) is 95.4 cm³/mol. The van der Waals surface area contributed by atoms with Gasteiger partial charge in [-0.2, -0.15) is 5.10 Å². The van der Waals surface area contributed by atoms with Crippen LogP contribution in [0.25, 0.3) is 11.0 Å². The minimum Gasteiger partial charge on any atom is -0.335 e. The number of rotatable bonds is 2. The molecule has 6 nitrogen and oxygen atoms in total. The van der Waals surface area contributed by atoms with E-state index in [-0.39, 0.29) is 11.9 Å². The van der Waals surface area contributed by atoms with Crippen LogP contribution in [0, 0.1) is 13.8 Å². The number of carbonyl (C=O) groups excluding carboxylic acids is 1. The van der Waals surface area contributed by atoms with Crippen LogP contribution in [0.15, 0.2) is 36.5 Å². The van der Waals surface area contributed by atoms with E-state index in [4.69, 9.17) is 0 Å². The maximum Gasteiger partial charge on any atom is 0.274 e. The third-order valence-corrected chi connectivity index (χ3v) is 4.74. The van der Waals surface area contributed by atoms with E-state index in [1.165, 1.54) is 0 Å². The van der Waals surface area contributed by atoms with E-state index in [9.17, 15) is 4.79 Å². The predicted octanol–water partition coefficient (Wildman–Crippen LogP) is 2.92. The summed E-state index contributed by atoms with van der Waals surface area (Å²) < 4.78 is 2.06. The third kappa shape index (κ3) is 2.99. The highest BCUT2D eigenvalue weighted by Crippen LogP contribution is 2.24. The van der Waals surface area contributed by atoms with Crippen LogP contribution in [-0.2, 0) is 0 Å². The number of amides is 1. The second kappa shape index (κ2) is 6.27. The van der Waals surface area contributed by atoms with Crippen LogP contribution in [0.2, 0.25) is 0 Å². The van der Waals surface area contributed by atoms with Crippen molar-refractivity contribution in [2.75, 3.05) is 13.1 Å². The fourth-order valence-electron chi connectivity index (χ4n) is 3.58. The zero-order valence-electron chi connectivity index (χ0n) is 14.5. The molecule has 1 amide bonds. The lowest BCUT2D eigenvalue weighted by atomic mass is 10.1. The van der Waals surface area contributed by atoms with Crippen LogP contribution in [-0.4, -0.2) is 43.6 Å². The standard InChI is InChI=1S/C19H21N5O/c1-13-10-14(2)24(22-13)15-6-5-9-23(12-15)19(25)18-11-20-16-7-3-4-8-17(16)21-18/h3-4,7-8,10-11,15H,5-6,9,12H2,1-2H3/t15-/m1/s1. The number of fused-ring (bicyclic) bond motifs is 1. The molecule has 1 aromatic carbocycles. The van der Waals surface area contributed by atoms with Gasteiger partial charge in [0.15, 0.2) is 0 Å². The average Bonchev–Trinajstić information content (AvgIpc) is 2.99. The number of hydrogen-bond acceptors (Lipinski definition) is 4. The van der Waals surface area contributed by atoms with Gasteiger partial charge in [0, 0.05) is 18.8 Å². The fraction of sp³-hybridized carbons (Fsp3) is 0.368. The molecule has 0 bridgehead atoms. The van der Waals surface area contributed by atoms with Crippen LogP contribution < -0.4 is 0 Å². The van der Waals surface area contributed by atoms with Gasteiger partial charge >= 0.3 is 0 Å². The molecular weight excluding hydrogens is 314 g/mol. The molecule has 4 rings (SSSR count). The Labute approximate surface area is 146 Å². The number of para-hydroxylation sites is 2. The van der Waals surface area contributed by atoms with Crippen LogP contribution in [0.1, 0.15) is 40.8 Å². The molecule has 1 aliphatic rings. The van der Waals surface area contributed by atoms with Crippen molar-refractivity contribution >= 4 is 16.9 Å². The number of aromatic nitrogens is 4. The largest absolute Gasteiger partial charge is 0.335 e. The first kappa shape index (κ1) is 15.7. The van der Waals surface area contributed by atoms with Crippen LogP contribution in [0.5, 0.6) is 0 Å². The van der Waals surface area contributed by atoms with Crippen molar-refractivity contribution < 1.29 is 4.79 Å². The van der Waals surface area contributed by atoms with Crippen LogP contribution >= 0.6 is 0 Å². The van der Waals surface area contributed by atoms with E-state index in [0.29, 0.717) is 12.2 Å². The Morgan fingerprint density at radius 3 is 2.76 bits per heavy atom. The van der Waals surface area contributed by atoms with E-state index >= 15 is 0 Å². The Morgan fingerprint density at radius 2 is 2.00 bits per heavy atom. The molecule has 0 aliphatic carbocycles. The summed E-state index contributed by atoms with van der Waals surface area (Å²) >= 11 is 0. The summed E-state index contributed by atoms with van der Waals surface area (Å²) in [6.45, 7) is 5.48. The average molecular weight is 335 g/mol. The molecule has 1 aliphatic heterocycles. The van der Waals surface area contributed by atoms with Crippen molar-refractivity contribution in [2.24, 2.45) is 0 Å². The lowest BCUT2D eigenvalue weighted by Gasteiger charge is -2.33. The molecule has 0 N–H and O–H groups in total. The number of nitrogens with zero attached hydrogens (tertiary/aromatic N) is 5. The Kier molecular flexibility index (Phi) is 3.95. The van der Waals surface area contributed by atoms with Gasteiger partial charge in [-0.1, -0.05) is 12.1 Å². The summed E-state index contributed by atoms with van der Waals surface area (Å²) in [6, 6.07) is 9.91. The second-order valence-electron chi connectivity index (χ2n) is 6.66. The van der Waals surface area contributed by atoms with Crippen molar-refractivity contribution in [3.63, 3.8) is 0 Å². The molecule has 0 saturated carbocycles. The Morgan fingerprint density at radius 1 is 1.20 bits per heavy atom. The van der Waals surface area contributed by atoms with Crippen LogP contribution in [0.4, 0.5) is 0 Å². The first-order valence-corrected chi connectivity index (χ1v) is 8.65. The summed E-state index contributed by atoms with van der Waals surface area (Å²) in [6.07, 6.45) is 3.59. The van der Waals surface area contributed by atoms with E-state index in [2.05, 4.69) is 32.7 Å². The highest BCUT2D eigenvalue weighted by Gasteiger charge is 2.27. The molecule has 3 heterocycles. The van der Waals surface area contributed by atoms with Crippen molar-refractivity contribution in [1.29, 1.82) is 0 Å². The molecule has 25 heavy (non-hydrogen) atoms. The lowest BCUT2D eigenvalue weighted by molar-refractivity contribution is 0.0665. The van der Waals surface area contributed by atoms with Gasteiger partial charge in [0.25, 0.3) is 5.91 Å². The first-order valence-electron chi connectivity index (χ1n) is 8.65. The maximum absolute atomic E-state index is 12.9. The first-order chi connectivity index (χ1) is 12.1. The molecule has 128 valence electrons. The summed E-state index contributed by atoms with van der Waals surface area (Å²) in [5.41, 5.74) is 4.12. The van der Waals surface area contributed by atoms with Crippen LogP contribution in [0.3, 0.4) is 0 Å². The Balaban J connectivity index is 1.57. The molecule has 1 atom stereocenters. The van der Waals surface area contributed by atoms with E-state index in [1.54, 1.807) is 6.20 Å². The smallest absolute Gasteiger partial charge is 0.274 e. The molecule has 1 saturated heterocycles. The van der Waals surface area contributed by atoms with Crippen molar-refractivity contribution in [3.8, 4) is 0 Å². The monoisotopic (exact) mass is 335 g/mol. The van der Waals surface area contributed by atoms with Crippen molar-refractivity contribution in [1.82, 2.24) is 24.6 Å². The molecule has 2 aromatic heterocycles. The zero-order chi connectivity index (χ0) is 17.4. The minimum atomic E-state index is -0.0514. The van der Waals surface area contributed by atoms with E-state index in [1.807, 2.05) is 36.1 Å². The zero-order valence-corrected chi connectivity index (χ0v) is 14.5. The number of piperidine rings is 1. The van der Waals surface area contributed by atoms with Gasteiger partial charge < -0.3 is 4.90 Å². The molecular formula is C19H21N5O. The Bertz CT molecular complexity index is 932. The van der Waals surface area contributed by atoms with Gasteiger partial charge in [0.1, 0.15) is 5.69 Å². The molecule has 1 fully saturated rings. The number of likely N-dealkylation sites (tertiary alicyclic amines) is 1. The molecule has 0 radical (unpaired) electrons. The summed E-state index contributed by atoms with van der Waals surface area (Å²) in [7, 11) is 0. The minimum absolute atomic E-state index is 0.0514. The van der Waals surface area contributed by atoms with Gasteiger partial charge in [0.2, 0.25) is 0 Å². The second-order valence-corrected chi connectivity index (χ2v) is 6.66. The highest BCUT2D eigenvalue weighted by atomic mass is 16.2. The van der Waals surface area contributed by atoms with Gasteiger partial charge in [0.05, 0.1) is 29.0 Å². The van der Waals surface area contributed by atoms with Crippen molar-refractivity contribution in [2.45, 2.75) is 32.7 Å². The topological polar surface area (TPSA) is 63.9 Å². The highest BCUT2D eigenvalue weighted by molar-refractivity contribution is 5.93. The van der Waals surface area contributed by atoms with Crippen molar-refractivity contribution in [3.05, 3.63) is 53.6 Å². The van der Waals surface area contributed by atoms with Gasteiger partial charge in [-0.3, -0.25) is 14.5 Å². The quantitative estimate of drug-likeness (QED) is 0.722. The van der Waals surface area contributed by atoms with E-state index < -0.39 is 0 Å². The summed E-state index contributed by atoms with van der Waals surface area (Å²) in [5.74, 6) is -0.0514. The van der Waals surface area contributed by atoms with Gasteiger partial charge in [-0.15, -0.1) is 0 Å². The molecule has 6 heteroatoms. The van der Waals surface area contributed by atoms with Gasteiger partial charge in [-0.25, -0.2) is 4.98 Å².